The van der Waals surface area contributed by atoms with Crippen LogP contribution in [0.5, 0.6) is 0 Å². The number of anilines is 1. The molecule has 6 heteroatoms. The van der Waals surface area contributed by atoms with E-state index in [1.54, 1.807) is 11.8 Å². The van der Waals surface area contributed by atoms with Crippen LogP contribution in [0, 0.1) is 6.92 Å². The van der Waals surface area contributed by atoms with E-state index in [1.807, 2.05) is 0 Å². The summed E-state index contributed by atoms with van der Waals surface area (Å²) in [6.45, 7) is 6.58. The average Bonchev–Trinajstić information content (AvgIpc) is 3.29. The van der Waals surface area contributed by atoms with Gasteiger partial charge >= 0.3 is 0 Å². The van der Waals surface area contributed by atoms with E-state index in [4.69, 9.17) is 10.1 Å². The van der Waals surface area contributed by atoms with Gasteiger partial charge in [0.15, 0.2) is 5.65 Å². The molecule has 0 saturated carbocycles. The molecule has 2 heterocycles. The predicted octanol–water partition coefficient (Wildman–Crippen LogP) is 5.94. The smallest absolute Gasteiger partial charge is 0.165 e. The molecule has 3 aromatic rings. The van der Waals surface area contributed by atoms with Crippen molar-refractivity contribution in [3.05, 3.63) is 41.2 Å². The minimum atomic E-state index is 0. The minimum Gasteiger partial charge on any atom is -0.367 e. The molecule has 0 unspecified atom stereocenters. The molecule has 0 fully saturated rings. The number of aryl methyl sites for hydroxylation is 2. The van der Waals surface area contributed by atoms with Crippen LogP contribution < -0.4 is 5.32 Å². The number of aromatic nitrogens is 3. The molecule has 4 rings (SSSR count). The summed E-state index contributed by atoms with van der Waals surface area (Å²) >= 11 is 1.77. The lowest BCUT2D eigenvalue weighted by Crippen LogP contribution is -2.21. The Kier molecular flexibility index (Phi) is 6.56. The van der Waals surface area contributed by atoms with Crippen LogP contribution in [0.1, 0.15) is 50.1 Å². The van der Waals surface area contributed by atoms with E-state index in [0.717, 1.165) is 48.4 Å². The molecule has 0 saturated heterocycles. The highest BCUT2D eigenvalue weighted by molar-refractivity contribution is 7.98. The van der Waals surface area contributed by atoms with Crippen molar-refractivity contribution in [3.63, 3.8) is 0 Å². The third kappa shape index (κ3) is 3.62. The second kappa shape index (κ2) is 8.75. The van der Waals surface area contributed by atoms with Crippen LogP contribution in [-0.2, 0) is 12.8 Å². The summed E-state index contributed by atoms with van der Waals surface area (Å²) in [7, 11) is 0. The van der Waals surface area contributed by atoms with Gasteiger partial charge in [-0.1, -0.05) is 26.0 Å². The Hall–Kier alpha value is -1.72. The van der Waals surface area contributed by atoms with Crippen molar-refractivity contribution < 1.29 is 0 Å². The number of fused-ring (bicyclic) bond motifs is 2. The van der Waals surface area contributed by atoms with Crippen molar-refractivity contribution in [3.8, 4) is 11.1 Å². The zero-order chi connectivity index (χ0) is 19.0. The monoisotopic (exact) mass is 416 g/mol. The average molecular weight is 417 g/mol. The fourth-order valence-corrected chi connectivity index (χ4v) is 4.47. The van der Waals surface area contributed by atoms with Gasteiger partial charge in [-0.3, -0.25) is 0 Å². The topological polar surface area (TPSA) is 42.2 Å². The molecule has 0 atom stereocenters. The Labute approximate surface area is 177 Å². The number of nitrogens with zero attached hydrogens (tertiary/aromatic N) is 3. The summed E-state index contributed by atoms with van der Waals surface area (Å²) in [5, 5.41) is 8.71. The standard InChI is InChI=1S/C22H28N4S.ClH/c1-5-16(6-2)23-21-18-8-7-9-19(18)24-22-20(14(3)25-26(21)22)15-10-12-17(27-4)13-11-15;/h10-13,16,23H,5-9H2,1-4H3;1H. The molecule has 2 aromatic heterocycles. The van der Waals surface area contributed by atoms with Crippen LogP contribution in [0.15, 0.2) is 29.2 Å². The van der Waals surface area contributed by atoms with Crippen LogP contribution in [-0.4, -0.2) is 26.9 Å². The van der Waals surface area contributed by atoms with E-state index < -0.39 is 0 Å². The number of rotatable bonds is 6. The number of hydrogen-bond acceptors (Lipinski definition) is 4. The van der Waals surface area contributed by atoms with Crippen LogP contribution >= 0.6 is 24.2 Å². The van der Waals surface area contributed by atoms with Gasteiger partial charge in [0.2, 0.25) is 0 Å². The Bertz CT molecular complexity index is 961. The Morgan fingerprint density at radius 3 is 2.50 bits per heavy atom. The molecular weight excluding hydrogens is 388 g/mol. The maximum Gasteiger partial charge on any atom is 0.165 e. The zero-order valence-corrected chi connectivity index (χ0v) is 18.7. The molecule has 1 aliphatic rings. The van der Waals surface area contributed by atoms with Gasteiger partial charge in [0.25, 0.3) is 0 Å². The summed E-state index contributed by atoms with van der Waals surface area (Å²) < 4.78 is 2.07. The first kappa shape index (κ1) is 21.0. The maximum absolute atomic E-state index is 5.07. The first-order valence-corrected chi connectivity index (χ1v) is 11.2. The van der Waals surface area contributed by atoms with Gasteiger partial charge in [-0.05, 0) is 63.0 Å². The predicted molar refractivity (Wildman–Crippen MR) is 122 cm³/mol. The number of benzene rings is 1. The Morgan fingerprint density at radius 2 is 1.86 bits per heavy atom. The van der Waals surface area contributed by atoms with Crippen LogP contribution in [0.4, 0.5) is 5.82 Å². The van der Waals surface area contributed by atoms with Gasteiger partial charge < -0.3 is 5.32 Å². The first-order valence-electron chi connectivity index (χ1n) is 9.98. The molecule has 1 aliphatic carbocycles. The molecule has 0 spiro atoms. The molecule has 0 radical (unpaired) electrons. The number of nitrogens with one attached hydrogen (secondary N) is 1. The van der Waals surface area contributed by atoms with Gasteiger partial charge in [0.1, 0.15) is 5.82 Å². The van der Waals surface area contributed by atoms with Gasteiger partial charge in [-0.15, -0.1) is 24.2 Å². The van der Waals surface area contributed by atoms with Gasteiger partial charge in [-0.2, -0.15) is 9.61 Å². The summed E-state index contributed by atoms with van der Waals surface area (Å²) in [4.78, 5) is 6.35. The van der Waals surface area contributed by atoms with Gasteiger partial charge in [0.05, 0.1) is 5.69 Å². The van der Waals surface area contributed by atoms with E-state index in [2.05, 4.69) is 61.1 Å². The molecule has 4 nitrogen and oxygen atoms in total. The van der Waals surface area contributed by atoms with Crippen molar-refractivity contribution >= 4 is 35.6 Å². The van der Waals surface area contributed by atoms with Crippen LogP contribution in [0.3, 0.4) is 0 Å². The number of halogens is 1. The molecule has 0 bridgehead atoms. The van der Waals surface area contributed by atoms with Crippen molar-refractivity contribution in [2.45, 2.75) is 63.8 Å². The highest BCUT2D eigenvalue weighted by Gasteiger charge is 2.24. The van der Waals surface area contributed by atoms with Crippen LogP contribution in [0.25, 0.3) is 16.8 Å². The van der Waals surface area contributed by atoms with E-state index in [0.29, 0.717) is 6.04 Å². The van der Waals surface area contributed by atoms with Gasteiger partial charge in [0, 0.05) is 27.8 Å². The molecule has 1 N–H and O–H groups in total. The summed E-state index contributed by atoms with van der Waals surface area (Å²) in [5.41, 5.74) is 6.98. The van der Waals surface area contributed by atoms with Crippen LogP contribution in [0.2, 0.25) is 0 Å². The van der Waals surface area contributed by atoms with Crippen molar-refractivity contribution in [2.24, 2.45) is 0 Å². The second-order valence-electron chi connectivity index (χ2n) is 7.32. The number of hydrogen-bond donors (Lipinski definition) is 1. The second-order valence-corrected chi connectivity index (χ2v) is 8.20. The summed E-state index contributed by atoms with van der Waals surface area (Å²) in [6.07, 6.45) is 7.67. The quantitative estimate of drug-likeness (QED) is 0.505. The van der Waals surface area contributed by atoms with E-state index in [1.165, 1.54) is 28.1 Å². The highest BCUT2D eigenvalue weighted by atomic mass is 35.5. The zero-order valence-electron chi connectivity index (χ0n) is 17.1. The van der Waals surface area contributed by atoms with E-state index in [9.17, 15) is 0 Å². The van der Waals surface area contributed by atoms with Crippen molar-refractivity contribution in [1.82, 2.24) is 14.6 Å². The maximum atomic E-state index is 5.07. The lowest BCUT2D eigenvalue weighted by Gasteiger charge is -2.19. The first-order chi connectivity index (χ1) is 13.2. The molecule has 1 aromatic carbocycles. The molecule has 0 aliphatic heterocycles. The van der Waals surface area contributed by atoms with Crippen molar-refractivity contribution in [2.75, 3.05) is 11.6 Å². The minimum absolute atomic E-state index is 0. The Morgan fingerprint density at radius 1 is 1.14 bits per heavy atom. The summed E-state index contributed by atoms with van der Waals surface area (Å²) in [5.74, 6) is 1.16. The normalized spacial score (nSPS) is 13.0. The number of thioether (sulfide) groups is 1. The molecule has 28 heavy (non-hydrogen) atoms. The lowest BCUT2D eigenvalue weighted by molar-refractivity contribution is 0.661. The molecular formula is C22H29ClN4S. The molecule has 0 amide bonds. The molecule has 150 valence electrons. The third-order valence-electron chi connectivity index (χ3n) is 5.67. The van der Waals surface area contributed by atoms with Crippen molar-refractivity contribution in [1.29, 1.82) is 0 Å². The fraction of sp³-hybridized carbons (Fsp3) is 0.455. The third-order valence-corrected chi connectivity index (χ3v) is 6.41. The van der Waals surface area contributed by atoms with E-state index in [-0.39, 0.29) is 12.4 Å². The largest absolute Gasteiger partial charge is 0.367 e. The Balaban J connectivity index is 0.00000225. The highest BCUT2D eigenvalue weighted by Crippen LogP contribution is 2.35. The van der Waals surface area contributed by atoms with Gasteiger partial charge in [-0.25, -0.2) is 4.98 Å². The lowest BCUT2D eigenvalue weighted by atomic mass is 10.1. The summed E-state index contributed by atoms with van der Waals surface area (Å²) in [6, 6.07) is 9.21. The van der Waals surface area contributed by atoms with E-state index >= 15 is 0 Å². The SMILES string of the molecule is CCC(CC)Nc1c2c(nc3c(-c4ccc(SC)cc4)c(C)nn13)CCC2.Cl. The fourth-order valence-electron chi connectivity index (χ4n) is 4.07.